The number of esters is 2. The molecule has 55 heavy (non-hydrogen) atoms. The predicted molar refractivity (Wildman–Crippen MR) is 227 cm³/mol. The van der Waals surface area contributed by atoms with E-state index >= 15 is 0 Å². The number of hydrogen-bond acceptors (Lipinski definition) is 7. The lowest BCUT2D eigenvalue weighted by atomic mass is 10.0. The molecule has 0 unspecified atom stereocenters. The van der Waals surface area contributed by atoms with Crippen molar-refractivity contribution in [1.29, 1.82) is 0 Å². The summed E-state index contributed by atoms with van der Waals surface area (Å²) in [6.45, 7) is 5.84. The monoisotopic (exact) mass is 797 g/mol. The van der Waals surface area contributed by atoms with Gasteiger partial charge in [-0.15, -0.1) is 0 Å². The molecule has 0 heterocycles. The Morgan fingerprint density at radius 1 is 0.582 bits per heavy atom. The molecule has 320 valence electrons. The van der Waals surface area contributed by atoms with Crippen LogP contribution < -0.4 is 0 Å². The molecule has 0 aromatic rings. The Morgan fingerprint density at radius 2 is 1.05 bits per heavy atom. The highest BCUT2D eigenvalue weighted by Crippen LogP contribution is 2.36. The van der Waals surface area contributed by atoms with Gasteiger partial charge < -0.3 is 24.4 Å². The van der Waals surface area contributed by atoms with Crippen molar-refractivity contribution in [2.24, 2.45) is 5.92 Å². The molecule has 0 aromatic heterocycles. The summed E-state index contributed by atoms with van der Waals surface area (Å²) in [6, 6.07) is 0. The lowest BCUT2D eigenvalue weighted by molar-refractivity contribution is -0.161. The van der Waals surface area contributed by atoms with Gasteiger partial charge in [0.05, 0.1) is 12.7 Å². The summed E-state index contributed by atoms with van der Waals surface area (Å²) in [7, 11) is -4.78. The van der Waals surface area contributed by atoms with E-state index in [4.69, 9.17) is 19.3 Å². The summed E-state index contributed by atoms with van der Waals surface area (Å²) >= 11 is 0. The molecule has 0 saturated carbocycles. The maximum absolute atomic E-state index is 12.4. The van der Waals surface area contributed by atoms with Crippen LogP contribution in [0.25, 0.3) is 0 Å². The molecular formula is C45H81O9P. The van der Waals surface area contributed by atoms with Crippen LogP contribution in [0.2, 0.25) is 0 Å². The van der Waals surface area contributed by atoms with Gasteiger partial charge in [-0.2, -0.15) is 0 Å². The Kier molecular flexibility index (Phi) is 37.4. The van der Waals surface area contributed by atoms with E-state index in [9.17, 15) is 19.3 Å². The fourth-order valence-electron chi connectivity index (χ4n) is 6.04. The predicted octanol–water partition coefficient (Wildman–Crippen LogP) is 12.3. The van der Waals surface area contributed by atoms with Gasteiger partial charge in [-0.05, 0) is 50.9 Å². The normalized spacial score (nSPS) is 13.6. The molecule has 0 bridgehead atoms. The van der Waals surface area contributed by atoms with Crippen LogP contribution in [0.5, 0.6) is 0 Å². The molecule has 0 saturated heterocycles. The number of aliphatic hydroxyl groups is 1. The van der Waals surface area contributed by atoms with Crippen LogP contribution in [-0.2, 0) is 28.2 Å². The first-order chi connectivity index (χ1) is 26.5. The van der Waals surface area contributed by atoms with Gasteiger partial charge in [-0.1, -0.05) is 185 Å². The van der Waals surface area contributed by atoms with Gasteiger partial charge >= 0.3 is 19.8 Å². The van der Waals surface area contributed by atoms with Gasteiger partial charge in [0.25, 0.3) is 0 Å². The average molecular weight is 797 g/mol. The minimum absolute atomic E-state index is 0.175. The molecular weight excluding hydrogens is 715 g/mol. The first-order valence-electron chi connectivity index (χ1n) is 21.9. The lowest BCUT2D eigenvalue weighted by Gasteiger charge is -2.18. The second-order valence-corrected chi connectivity index (χ2v) is 16.6. The first kappa shape index (κ1) is 53.0. The standard InChI is InChI=1S/C45H81O9P/c1-4-5-35-42(46)36-31-27-23-19-15-12-13-16-20-24-28-32-37-44(47)52-39-43(40-53-55(49,50)51)54-45(48)38-33-29-25-21-17-11-9-7-6-8-10-14-18-22-26-30-34-41(2)3/h12-13,19-20,23-24,31,36,41-43,46H,4-11,14-18,21-22,25-30,32-35,37-40H2,1-3H3,(H2,49,50,51)/b13-12-,23-19-,24-20-,36-31-/t42-,43+/m0/s1. The van der Waals surface area contributed by atoms with E-state index in [0.29, 0.717) is 19.3 Å². The third-order valence-electron chi connectivity index (χ3n) is 9.35. The summed E-state index contributed by atoms with van der Waals surface area (Å²) in [6.07, 6.45) is 43.2. The molecule has 0 aliphatic rings. The number of allylic oxidation sites excluding steroid dienone is 7. The molecule has 0 fully saturated rings. The minimum atomic E-state index is -4.78. The van der Waals surface area contributed by atoms with Crippen LogP contribution in [0.4, 0.5) is 0 Å². The van der Waals surface area contributed by atoms with Gasteiger partial charge in [0.2, 0.25) is 0 Å². The van der Waals surface area contributed by atoms with Crippen LogP contribution >= 0.6 is 7.82 Å². The highest BCUT2D eigenvalue weighted by atomic mass is 31.2. The zero-order valence-corrected chi connectivity index (χ0v) is 36.0. The minimum Gasteiger partial charge on any atom is -0.462 e. The third-order valence-corrected chi connectivity index (χ3v) is 9.83. The molecule has 3 N–H and O–H groups in total. The summed E-state index contributed by atoms with van der Waals surface area (Å²) in [4.78, 5) is 42.9. The SMILES string of the molecule is CCCC[C@H](O)/C=C\C/C=C\C/C=C\C/C=C\CCCC(=O)OC[C@H](COP(=O)(O)O)OC(=O)CCCCCCCCCCCCCCCCCCC(C)C. The molecule has 0 rings (SSSR count). The quantitative estimate of drug-likeness (QED) is 0.0240. The second kappa shape index (κ2) is 38.8. The summed E-state index contributed by atoms with van der Waals surface area (Å²) in [5.41, 5.74) is 0. The Morgan fingerprint density at radius 3 is 1.56 bits per heavy atom. The van der Waals surface area contributed by atoms with Crippen molar-refractivity contribution in [2.75, 3.05) is 13.2 Å². The molecule has 0 aliphatic carbocycles. The number of unbranched alkanes of at least 4 members (excludes halogenated alkanes) is 17. The van der Waals surface area contributed by atoms with Gasteiger partial charge in [0.1, 0.15) is 6.61 Å². The van der Waals surface area contributed by atoms with Crippen molar-refractivity contribution >= 4 is 19.8 Å². The van der Waals surface area contributed by atoms with Crippen LogP contribution in [-0.4, -0.2) is 52.3 Å². The molecule has 0 aromatic carbocycles. The Balaban J connectivity index is 3.99. The van der Waals surface area contributed by atoms with Crippen LogP contribution in [0.1, 0.15) is 194 Å². The Bertz CT molecular complexity index is 1060. The van der Waals surface area contributed by atoms with Gasteiger partial charge in [-0.3, -0.25) is 14.1 Å². The van der Waals surface area contributed by atoms with E-state index in [1.807, 2.05) is 24.3 Å². The van der Waals surface area contributed by atoms with E-state index in [0.717, 1.165) is 63.7 Å². The molecule has 2 atom stereocenters. The van der Waals surface area contributed by atoms with E-state index in [-0.39, 0.29) is 25.6 Å². The van der Waals surface area contributed by atoms with Crippen molar-refractivity contribution in [2.45, 2.75) is 206 Å². The number of ether oxygens (including phenoxy) is 2. The third kappa shape index (κ3) is 42.9. The number of hydrogen-bond donors (Lipinski definition) is 3. The number of rotatable bonds is 39. The highest BCUT2D eigenvalue weighted by molar-refractivity contribution is 7.46. The maximum atomic E-state index is 12.4. The molecule has 0 amide bonds. The van der Waals surface area contributed by atoms with Crippen LogP contribution in [0.3, 0.4) is 0 Å². The number of aliphatic hydroxyl groups excluding tert-OH is 1. The van der Waals surface area contributed by atoms with Crippen molar-refractivity contribution < 1.29 is 43.0 Å². The smallest absolute Gasteiger partial charge is 0.462 e. The van der Waals surface area contributed by atoms with Crippen LogP contribution in [0, 0.1) is 5.92 Å². The van der Waals surface area contributed by atoms with Crippen molar-refractivity contribution in [3.63, 3.8) is 0 Å². The number of carbonyl (C=O) groups excluding carboxylic acids is 2. The molecule has 0 spiro atoms. The fourth-order valence-corrected chi connectivity index (χ4v) is 6.40. The first-order valence-corrected chi connectivity index (χ1v) is 23.4. The van der Waals surface area contributed by atoms with E-state index < -0.39 is 32.5 Å². The number of phosphoric acid groups is 1. The molecule has 10 heteroatoms. The van der Waals surface area contributed by atoms with Crippen molar-refractivity contribution in [1.82, 2.24) is 0 Å². The highest BCUT2D eigenvalue weighted by Gasteiger charge is 2.22. The zero-order chi connectivity index (χ0) is 40.7. The van der Waals surface area contributed by atoms with Gasteiger partial charge in [-0.25, -0.2) is 4.57 Å². The summed E-state index contributed by atoms with van der Waals surface area (Å²) in [5, 5.41) is 9.79. The zero-order valence-electron chi connectivity index (χ0n) is 35.1. The molecule has 9 nitrogen and oxygen atoms in total. The molecule has 0 radical (unpaired) electrons. The van der Waals surface area contributed by atoms with E-state index in [1.165, 1.54) is 83.5 Å². The van der Waals surface area contributed by atoms with E-state index in [1.54, 1.807) is 0 Å². The Labute approximate surface area is 336 Å². The topological polar surface area (TPSA) is 140 Å². The second-order valence-electron chi connectivity index (χ2n) is 15.3. The maximum Gasteiger partial charge on any atom is 0.469 e. The lowest BCUT2D eigenvalue weighted by Crippen LogP contribution is -2.29. The van der Waals surface area contributed by atoms with Gasteiger partial charge in [0, 0.05) is 12.8 Å². The summed E-state index contributed by atoms with van der Waals surface area (Å²) < 4.78 is 26.4. The van der Waals surface area contributed by atoms with Crippen molar-refractivity contribution in [3.8, 4) is 0 Å². The number of carbonyl (C=O) groups is 2. The molecule has 0 aliphatic heterocycles. The average Bonchev–Trinajstić information content (AvgIpc) is 3.14. The largest absolute Gasteiger partial charge is 0.469 e. The van der Waals surface area contributed by atoms with Crippen LogP contribution in [0.15, 0.2) is 48.6 Å². The van der Waals surface area contributed by atoms with E-state index in [2.05, 4.69) is 49.6 Å². The Hall–Kier alpha value is -2.03. The number of phosphoric ester groups is 1. The van der Waals surface area contributed by atoms with Gasteiger partial charge in [0.15, 0.2) is 6.10 Å². The van der Waals surface area contributed by atoms with Crippen molar-refractivity contribution in [3.05, 3.63) is 48.6 Å². The summed E-state index contributed by atoms with van der Waals surface area (Å²) in [5.74, 6) is -0.134. The fraction of sp³-hybridized carbons (Fsp3) is 0.778.